The Morgan fingerprint density at radius 1 is 1.19 bits per heavy atom. The predicted octanol–water partition coefficient (Wildman–Crippen LogP) is 5.20. The highest BCUT2D eigenvalue weighted by Gasteiger charge is 2.38. The maximum absolute atomic E-state index is 14.9. The lowest BCUT2D eigenvalue weighted by molar-refractivity contribution is -0.141. The number of rotatable bonds is 11. The smallest absolute Gasteiger partial charge is 0.431 e. The van der Waals surface area contributed by atoms with E-state index >= 15 is 0 Å². The summed E-state index contributed by atoms with van der Waals surface area (Å²) in [7, 11) is 1.48. The van der Waals surface area contributed by atoms with Gasteiger partial charge in [0.25, 0.3) is 5.91 Å². The van der Waals surface area contributed by atoms with Crippen LogP contribution in [0.25, 0.3) is 11.1 Å². The number of halogens is 7. The van der Waals surface area contributed by atoms with Crippen LogP contribution >= 0.6 is 34.8 Å². The molecule has 0 spiro atoms. The summed E-state index contributed by atoms with van der Waals surface area (Å²) in [6.45, 7) is 0.127. The highest BCUT2D eigenvalue weighted by Crippen LogP contribution is 2.42. The third-order valence-electron chi connectivity index (χ3n) is 4.43. The molecule has 32 heavy (non-hydrogen) atoms. The first kappa shape index (κ1) is 26.6. The van der Waals surface area contributed by atoms with Crippen LogP contribution in [0.2, 0.25) is 5.02 Å². The van der Waals surface area contributed by atoms with Crippen molar-refractivity contribution >= 4 is 40.7 Å². The molecule has 0 bridgehead atoms. The molecule has 0 radical (unpaired) electrons. The Labute approximate surface area is 197 Å². The molecular weight excluding hydrogens is 499 g/mol. The minimum Gasteiger partial charge on any atom is -0.482 e. The lowest BCUT2D eigenvalue weighted by Crippen LogP contribution is -2.31. The van der Waals surface area contributed by atoms with Crippen LogP contribution in [0, 0.1) is 5.82 Å². The van der Waals surface area contributed by atoms with E-state index in [0.717, 1.165) is 6.07 Å². The number of nitrogens with one attached hydrogen (secondary N) is 2. The molecule has 0 aliphatic carbocycles. The molecule has 12 heteroatoms. The van der Waals surface area contributed by atoms with E-state index in [1.807, 2.05) is 0 Å². The quantitative estimate of drug-likeness (QED) is 0.244. The molecule has 0 saturated carbocycles. The van der Waals surface area contributed by atoms with E-state index in [0.29, 0.717) is 6.61 Å². The average Bonchev–Trinajstić information content (AvgIpc) is 3.06. The Hall–Kier alpha value is -1.68. The van der Waals surface area contributed by atoms with E-state index in [1.165, 1.54) is 13.2 Å². The lowest BCUT2D eigenvalue weighted by atomic mass is 9.96. The van der Waals surface area contributed by atoms with Gasteiger partial charge in [0.2, 0.25) is 0 Å². The number of H-pyrrole nitrogens is 1. The summed E-state index contributed by atoms with van der Waals surface area (Å²) in [6.07, 6.45) is -4.84. The van der Waals surface area contributed by atoms with Gasteiger partial charge in [0.05, 0.1) is 11.6 Å². The van der Waals surface area contributed by atoms with E-state index in [-0.39, 0.29) is 64.3 Å². The molecule has 2 rings (SSSR count). The van der Waals surface area contributed by atoms with Gasteiger partial charge in [-0.1, -0.05) is 11.6 Å². The first-order chi connectivity index (χ1) is 15.1. The molecule has 0 aliphatic rings. The molecule has 0 unspecified atom stereocenters. The summed E-state index contributed by atoms with van der Waals surface area (Å²) in [5.74, 6) is -1.50. The molecule has 2 aromatic rings. The normalized spacial score (nSPS) is 11.6. The molecule has 0 aliphatic heterocycles. The molecule has 178 valence electrons. The van der Waals surface area contributed by atoms with Gasteiger partial charge in [-0.15, -0.1) is 23.2 Å². The van der Waals surface area contributed by atoms with Crippen LogP contribution in [0.5, 0.6) is 5.75 Å². The van der Waals surface area contributed by atoms with Crippen LogP contribution in [0.4, 0.5) is 17.6 Å². The summed E-state index contributed by atoms with van der Waals surface area (Å²) >= 11 is 17.5. The number of benzene rings is 1. The van der Waals surface area contributed by atoms with Crippen LogP contribution in [-0.2, 0) is 28.5 Å². The Bertz CT molecular complexity index is 936. The third kappa shape index (κ3) is 6.66. The van der Waals surface area contributed by atoms with Crippen LogP contribution < -0.4 is 10.1 Å². The fourth-order valence-corrected chi connectivity index (χ4v) is 3.69. The van der Waals surface area contributed by atoms with Crippen molar-refractivity contribution in [3.05, 3.63) is 39.9 Å². The SMILES string of the molecule is COCCNC(=O)COc1cc(-c2c(CCCl)[nH]c(C(F)(F)F)c2CCCl)c(F)cc1Cl. The zero-order valence-corrected chi connectivity index (χ0v) is 19.2. The number of hydrogen-bond acceptors (Lipinski definition) is 3. The molecular formula is C20H21Cl3F4N2O3. The van der Waals surface area contributed by atoms with E-state index in [9.17, 15) is 22.4 Å². The zero-order valence-electron chi connectivity index (χ0n) is 17.0. The molecule has 0 atom stereocenters. The number of aromatic nitrogens is 1. The van der Waals surface area contributed by atoms with Gasteiger partial charge in [0.15, 0.2) is 6.61 Å². The van der Waals surface area contributed by atoms with E-state index in [2.05, 4.69) is 10.3 Å². The number of carbonyl (C=O) groups excluding carboxylic acids is 1. The number of aromatic amines is 1. The molecule has 0 saturated heterocycles. The van der Waals surface area contributed by atoms with Crippen molar-refractivity contribution in [3.63, 3.8) is 0 Å². The van der Waals surface area contributed by atoms with E-state index in [1.54, 1.807) is 0 Å². The summed E-state index contributed by atoms with van der Waals surface area (Å²) in [4.78, 5) is 14.2. The molecule has 2 N–H and O–H groups in total. The van der Waals surface area contributed by atoms with E-state index in [4.69, 9.17) is 44.3 Å². The van der Waals surface area contributed by atoms with Crippen molar-refractivity contribution in [2.75, 3.05) is 38.6 Å². The monoisotopic (exact) mass is 518 g/mol. The zero-order chi connectivity index (χ0) is 23.9. The van der Waals surface area contributed by atoms with Crippen molar-refractivity contribution in [1.82, 2.24) is 10.3 Å². The lowest BCUT2D eigenvalue weighted by Gasteiger charge is -2.14. The second-order valence-corrected chi connectivity index (χ2v) is 7.76. The molecule has 5 nitrogen and oxygen atoms in total. The Morgan fingerprint density at radius 2 is 1.88 bits per heavy atom. The van der Waals surface area contributed by atoms with Crippen molar-refractivity contribution in [2.45, 2.75) is 19.0 Å². The van der Waals surface area contributed by atoms with Gasteiger partial charge < -0.3 is 19.8 Å². The van der Waals surface area contributed by atoms with Gasteiger partial charge in [0, 0.05) is 48.7 Å². The molecule has 1 amide bonds. The number of alkyl halides is 5. The van der Waals surface area contributed by atoms with Crippen molar-refractivity contribution in [3.8, 4) is 16.9 Å². The van der Waals surface area contributed by atoms with Crippen molar-refractivity contribution in [2.24, 2.45) is 0 Å². The number of methoxy groups -OCH3 is 1. The van der Waals surface area contributed by atoms with Gasteiger partial charge in [-0.25, -0.2) is 4.39 Å². The van der Waals surface area contributed by atoms with Crippen LogP contribution in [0.1, 0.15) is 17.0 Å². The van der Waals surface area contributed by atoms with Gasteiger partial charge in [-0.05, 0) is 24.1 Å². The largest absolute Gasteiger partial charge is 0.482 e. The Kier molecular flexibility index (Phi) is 9.94. The number of aryl methyl sites for hydroxylation is 1. The van der Waals surface area contributed by atoms with Crippen LogP contribution in [0.15, 0.2) is 12.1 Å². The molecule has 0 fully saturated rings. The fourth-order valence-electron chi connectivity index (χ4n) is 3.11. The van der Waals surface area contributed by atoms with Crippen molar-refractivity contribution in [1.29, 1.82) is 0 Å². The standard InChI is InChI=1S/C20H21Cl3F4N2O3/c1-31-7-6-28-17(30)10-32-16-8-12(14(24)9-13(16)23)18-11(2-4-21)19(20(25,26)27)29-15(18)3-5-22/h8-9,29H,2-7,10H2,1H3,(H,28,30). The molecule has 1 heterocycles. The molecule has 1 aromatic carbocycles. The Morgan fingerprint density at radius 3 is 2.47 bits per heavy atom. The average molecular weight is 520 g/mol. The highest BCUT2D eigenvalue weighted by molar-refractivity contribution is 6.32. The number of carbonyl (C=O) groups is 1. The van der Waals surface area contributed by atoms with E-state index < -0.39 is 30.2 Å². The van der Waals surface area contributed by atoms with Gasteiger partial charge in [0.1, 0.15) is 17.3 Å². The van der Waals surface area contributed by atoms with Gasteiger partial charge >= 0.3 is 6.18 Å². The first-order valence-electron chi connectivity index (χ1n) is 9.44. The summed E-state index contributed by atoms with van der Waals surface area (Å²) in [5, 5.41) is 2.40. The number of ether oxygens (including phenoxy) is 2. The molecule has 1 aromatic heterocycles. The second kappa shape index (κ2) is 12.0. The topological polar surface area (TPSA) is 63.4 Å². The van der Waals surface area contributed by atoms with Gasteiger partial charge in [-0.3, -0.25) is 4.79 Å². The van der Waals surface area contributed by atoms with Gasteiger partial charge in [-0.2, -0.15) is 13.2 Å². The Balaban J connectivity index is 2.49. The minimum atomic E-state index is -4.71. The maximum Gasteiger partial charge on any atom is 0.431 e. The maximum atomic E-state index is 14.9. The van der Waals surface area contributed by atoms with Crippen molar-refractivity contribution < 1.29 is 31.8 Å². The minimum absolute atomic E-state index is 0.00203. The highest BCUT2D eigenvalue weighted by atomic mass is 35.5. The van der Waals surface area contributed by atoms with Crippen LogP contribution in [0.3, 0.4) is 0 Å². The second-order valence-electron chi connectivity index (χ2n) is 6.60. The first-order valence-corrected chi connectivity index (χ1v) is 10.9. The number of amides is 1. The summed E-state index contributed by atoms with van der Waals surface area (Å²) in [6, 6.07) is 2.09. The fraction of sp³-hybridized carbons (Fsp3) is 0.450. The number of hydrogen-bond donors (Lipinski definition) is 2. The summed E-state index contributed by atoms with van der Waals surface area (Å²) in [5.41, 5.74) is -1.25. The predicted molar refractivity (Wildman–Crippen MR) is 115 cm³/mol. The summed E-state index contributed by atoms with van der Waals surface area (Å²) < 4.78 is 65.9. The van der Waals surface area contributed by atoms with Crippen LogP contribution in [-0.4, -0.2) is 49.5 Å². The third-order valence-corrected chi connectivity index (χ3v) is 5.11.